The van der Waals surface area contributed by atoms with Crippen LogP contribution in [0.25, 0.3) is 5.57 Å². The van der Waals surface area contributed by atoms with Gasteiger partial charge in [-0.1, -0.05) is 24.3 Å². The number of ether oxygens (including phenoxy) is 2. The summed E-state index contributed by atoms with van der Waals surface area (Å²) in [5.41, 5.74) is 1.57. The average Bonchev–Trinajstić information content (AvgIpc) is 2.66. The Morgan fingerprint density at radius 2 is 2.00 bits per heavy atom. The van der Waals surface area contributed by atoms with E-state index in [0.717, 1.165) is 37.7 Å². The summed E-state index contributed by atoms with van der Waals surface area (Å²) in [6.45, 7) is 7.15. The highest BCUT2D eigenvalue weighted by molar-refractivity contribution is 5.67. The van der Waals surface area contributed by atoms with Gasteiger partial charge in [0.2, 0.25) is 0 Å². The second-order valence-corrected chi connectivity index (χ2v) is 6.74. The fraction of sp³-hybridized carbons (Fsp3) is 0.545. The number of hydrogen-bond acceptors (Lipinski definition) is 2. The molecule has 4 heteroatoms. The predicted molar refractivity (Wildman–Crippen MR) is 102 cm³/mol. The van der Waals surface area contributed by atoms with E-state index in [0.29, 0.717) is 31.3 Å². The molecule has 0 N–H and O–H groups in total. The van der Waals surface area contributed by atoms with Gasteiger partial charge in [-0.2, -0.15) is 0 Å². The third kappa shape index (κ3) is 6.03. The molecule has 1 atom stereocenters. The zero-order valence-electron chi connectivity index (χ0n) is 15.7. The minimum absolute atomic E-state index is 0.0561. The van der Waals surface area contributed by atoms with E-state index in [9.17, 15) is 8.78 Å². The third-order valence-corrected chi connectivity index (χ3v) is 4.88. The maximum atomic E-state index is 14.5. The molecule has 0 aromatic heterocycles. The number of allylic oxidation sites excluding steroid dienone is 3. The van der Waals surface area contributed by atoms with Crippen LogP contribution >= 0.6 is 0 Å². The van der Waals surface area contributed by atoms with Gasteiger partial charge in [0, 0.05) is 17.7 Å². The minimum atomic E-state index is -0.798. The van der Waals surface area contributed by atoms with Gasteiger partial charge in [-0.25, -0.2) is 8.78 Å². The zero-order chi connectivity index (χ0) is 18.8. The summed E-state index contributed by atoms with van der Waals surface area (Å²) in [6, 6.07) is 3.31. The maximum Gasteiger partial charge on any atom is 0.166 e. The topological polar surface area (TPSA) is 18.5 Å². The van der Waals surface area contributed by atoms with E-state index in [-0.39, 0.29) is 12.2 Å². The van der Waals surface area contributed by atoms with Crippen molar-refractivity contribution in [3.63, 3.8) is 0 Å². The average molecular weight is 364 g/mol. The van der Waals surface area contributed by atoms with Crippen molar-refractivity contribution in [2.75, 3.05) is 19.8 Å². The van der Waals surface area contributed by atoms with Gasteiger partial charge in [0.25, 0.3) is 0 Å². The number of hydrogen-bond donors (Lipinski definition) is 0. The van der Waals surface area contributed by atoms with E-state index >= 15 is 0 Å². The molecule has 1 aromatic carbocycles. The summed E-state index contributed by atoms with van der Waals surface area (Å²) >= 11 is 0. The minimum Gasteiger partial charge on any atom is -0.379 e. The molecule has 0 bridgehead atoms. The van der Waals surface area contributed by atoms with Gasteiger partial charge in [0.05, 0.1) is 19.8 Å². The molecule has 0 amide bonds. The molecular weight excluding hydrogens is 334 g/mol. The third-order valence-electron chi connectivity index (χ3n) is 4.88. The molecule has 0 saturated carbocycles. The molecule has 144 valence electrons. The van der Waals surface area contributed by atoms with Gasteiger partial charge in [-0.05, 0) is 56.9 Å². The van der Waals surface area contributed by atoms with Crippen LogP contribution < -0.4 is 0 Å². The second kappa shape index (κ2) is 11.2. The van der Waals surface area contributed by atoms with E-state index in [1.165, 1.54) is 6.42 Å². The van der Waals surface area contributed by atoms with Crippen LogP contribution in [-0.2, 0) is 16.1 Å². The lowest BCUT2D eigenvalue weighted by atomic mass is 9.83. The maximum absolute atomic E-state index is 14.5. The number of rotatable bonds is 11. The largest absolute Gasteiger partial charge is 0.379 e. The Hall–Kier alpha value is -1.52. The normalized spacial score (nSPS) is 17.2. The molecule has 0 aliphatic heterocycles. The highest BCUT2D eigenvalue weighted by Crippen LogP contribution is 2.34. The lowest BCUT2D eigenvalue weighted by Crippen LogP contribution is -2.08. The van der Waals surface area contributed by atoms with Gasteiger partial charge in [-0.3, -0.25) is 0 Å². The van der Waals surface area contributed by atoms with Gasteiger partial charge >= 0.3 is 0 Å². The molecule has 1 aliphatic carbocycles. The lowest BCUT2D eigenvalue weighted by molar-refractivity contribution is 0.0441. The molecular formula is C22H30F2O2. The van der Waals surface area contributed by atoms with Crippen molar-refractivity contribution >= 4 is 5.57 Å². The van der Waals surface area contributed by atoms with Crippen molar-refractivity contribution < 1.29 is 18.3 Å². The van der Waals surface area contributed by atoms with Crippen molar-refractivity contribution in [3.05, 3.63) is 53.6 Å². The molecule has 0 fully saturated rings. The lowest BCUT2D eigenvalue weighted by Gasteiger charge is -2.22. The Kier molecular flexibility index (Phi) is 8.99. The molecule has 1 aliphatic rings. The predicted octanol–water partition coefficient (Wildman–Crippen LogP) is 6.06. The van der Waals surface area contributed by atoms with E-state index < -0.39 is 11.6 Å². The molecule has 1 unspecified atom stereocenters. The van der Waals surface area contributed by atoms with Crippen LogP contribution in [0.5, 0.6) is 0 Å². The van der Waals surface area contributed by atoms with Crippen molar-refractivity contribution in [1.29, 1.82) is 0 Å². The van der Waals surface area contributed by atoms with Crippen LogP contribution in [0.2, 0.25) is 0 Å². The second-order valence-electron chi connectivity index (χ2n) is 6.74. The van der Waals surface area contributed by atoms with Gasteiger partial charge in [-0.15, -0.1) is 6.58 Å². The molecule has 0 radical (unpaired) electrons. The van der Waals surface area contributed by atoms with Gasteiger partial charge < -0.3 is 9.47 Å². The highest BCUT2D eigenvalue weighted by atomic mass is 19.2. The molecule has 1 aromatic rings. The van der Waals surface area contributed by atoms with E-state index in [2.05, 4.69) is 12.7 Å². The fourth-order valence-corrected chi connectivity index (χ4v) is 3.34. The van der Waals surface area contributed by atoms with Crippen LogP contribution in [0, 0.1) is 17.6 Å². The molecule has 2 rings (SSSR count). The van der Waals surface area contributed by atoms with Crippen molar-refractivity contribution in [3.8, 4) is 0 Å². The van der Waals surface area contributed by atoms with Crippen LogP contribution in [0.1, 0.15) is 56.6 Å². The first-order valence-corrected chi connectivity index (χ1v) is 9.60. The fourth-order valence-electron chi connectivity index (χ4n) is 3.34. The Morgan fingerprint density at radius 3 is 2.69 bits per heavy atom. The Balaban J connectivity index is 1.94. The summed E-state index contributed by atoms with van der Waals surface area (Å²) < 4.78 is 39.4. The van der Waals surface area contributed by atoms with E-state index in [1.54, 1.807) is 12.1 Å². The number of halogens is 2. The van der Waals surface area contributed by atoms with Gasteiger partial charge in [0.15, 0.2) is 11.6 Å². The number of benzene rings is 1. The first-order valence-electron chi connectivity index (χ1n) is 9.60. The van der Waals surface area contributed by atoms with Crippen LogP contribution in [-0.4, -0.2) is 19.8 Å². The molecule has 26 heavy (non-hydrogen) atoms. The molecule has 0 saturated heterocycles. The quantitative estimate of drug-likeness (QED) is 0.351. The summed E-state index contributed by atoms with van der Waals surface area (Å²) in [5, 5.41) is 0. The van der Waals surface area contributed by atoms with Crippen LogP contribution in [0.3, 0.4) is 0 Å². The van der Waals surface area contributed by atoms with Crippen LogP contribution in [0.4, 0.5) is 8.78 Å². The van der Waals surface area contributed by atoms with Crippen LogP contribution in [0.15, 0.2) is 30.9 Å². The van der Waals surface area contributed by atoms with E-state index in [1.807, 2.05) is 13.0 Å². The SMILES string of the molecule is C=CCCCC1CC=C(c2ccc(COCCOCC)c(F)c2F)CC1. The molecule has 0 heterocycles. The zero-order valence-corrected chi connectivity index (χ0v) is 15.7. The Morgan fingerprint density at radius 1 is 1.19 bits per heavy atom. The molecule has 0 spiro atoms. The smallest absolute Gasteiger partial charge is 0.166 e. The summed E-state index contributed by atoms with van der Waals surface area (Å²) in [6.07, 6.45) is 10.2. The molecule has 2 nitrogen and oxygen atoms in total. The van der Waals surface area contributed by atoms with Crippen molar-refractivity contribution in [1.82, 2.24) is 0 Å². The summed E-state index contributed by atoms with van der Waals surface area (Å²) in [5.74, 6) is -0.912. The monoisotopic (exact) mass is 364 g/mol. The Labute approximate surface area is 155 Å². The standard InChI is InChI=1S/C22H30F2O2/c1-3-5-6-7-17-8-10-18(11-9-17)20-13-12-19(21(23)22(20)24)16-26-15-14-25-4-2/h3,10,12-13,17H,1,4-9,11,14-16H2,2H3. The first kappa shape index (κ1) is 20.8. The van der Waals surface area contributed by atoms with Crippen molar-refractivity contribution in [2.45, 2.75) is 52.1 Å². The first-order chi connectivity index (χ1) is 12.7. The van der Waals surface area contributed by atoms with E-state index in [4.69, 9.17) is 9.47 Å². The Bertz CT molecular complexity index is 610. The highest BCUT2D eigenvalue weighted by Gasteiger charge is 2.20. The van der Waals surface area contributed by atoms with Crippen molar-refractivity contribution in [2.24, 2.45) is 5.92 Å². The summed E-state index contributed by atoms with van der Waals surface area (Å²) in [7, 11) is 0. The van der Waals surface area contributed by atoms with Gasteiger partial charge in [0.1, 0.15) is 0 Å². The summed E-state index contributed by atoms with van der Waals surface area (Å²) in [4.78, 5) is 0. The number of unbranched alkanes of at least 4 members (excludes halogenated alkanes) is 1.